The molecular formula is C18H20ClN5O2S. The van der Waals surface area contributed by atoms with Crippen LogP contribution in [0, 0.1) is 0 Å². The summed E-state index contributed by atoms with van der Waals surface area (Å²) in [5, 5.41) is 1.12. The van der Waals surface area contributed by atoms with Crippen LogP contribution in [0.2, 0.25) is 5.28 Å². The van der Waals surface area contributed by atoms with Crippen molar-refractivity contribution in [2.24, 2.45) is 0 Å². The van der Waals surface area contributed by atoms with E-state index in [1.807, 2.05) is 18.0 Å². The number of furan rings is 1. The average molecular weight is 406 g/mol. The van der Waals surface area contributed by atoms with E-state index in [4.69, 9.17) is 20.8 Å². The summed E-state index contributed by atoms with van der Waals surface area (Å²) in [6, 6.07) is 2.13. The first-order valence-corrected chi connectivity index (χ1v) is 10.7. The third-order valence-corrected chi connectivity index (χ3v) is 6.11. The number of hydrogen-bond donors (Lipinski definition) is 0. The Morgan fingerprint density at radius 2 is 1.93 bits per heavy atom. The SMILES string of the molecule is Clc1nc(N2CCOCC2)c2oc3ncc(CN4CCSCC4)cc3c2n1. The molecule has 2 saturated heterocycles. The van der Waals surface area contributed by atoms with E-state index >= 15 is 0 Å². The number of ether oxygens (including phenoxy) is 1. The first kappa shape index (κ1) is 17.5. The number of thioether (sulfide) groups is 1. The van der Waals surface area contributed by atoms with Crippen LogP contribution in [0.15, 0.2) is 16.7 Å². The minimum atomic E-state index is 0.227. The Hall–Kier alpha value is -1.61. The molecular weight excluding hydrogens is 386 g/mol. The van der Waals surface area contributed by atoms with Gasteiger partial charge in [-0.15, -0.1) is 0 Å². The Labute approximate surface area is 166 Å². The van der Waals surface area contributed by atoms with Gasteiger partial charge in [0.25, 0.3) is 0 Å². The maximum absolute atomic E-state index is 6.24. The molecule has 142 valence electrons. The first-order chi connectivity index (χ1) is 13.3. The normalized spacial score (nSPS) is 19.2. The van der Waals surface area contributed by atoms with Gasteiger partial charge in [-0.3, -0.25) is 4.90 Å². The van der Waals surface area contributed by atoms with Gasteiger partial charge in [0.15, 0.2) is 11.4 Å². The summed E-state index contributed by atoms with van der Waals surface area (Å²) in [5.41, 5.74) is 3.12. The number of pyridine rings is 1. The largest absolute Gasteiger partial charge is 0.432 e. The number of anilines is 1. The summed E-state index contributed by atoms with van der Waals surface area (Å²) in [5.74, 6) is 3.10. The smallest absolute Gasteiger partial charge is 0.229 e. The summed E-state index contributed by atoms with van der Waals surface area (Å²) in [6.45, 7) is 5.97. The molecule has 0 radical (unpaired) electrons. The van der Waals surface area contributed by atoms with Gasteiger partial charge in [-0.1, -0.05) is 0 Å². The molecule has 0 amide bonds. The van der Waals surface area contributed by atoms with E-state index in [1.54, 1.807) is 0 Å². The Morgan fingerprint density at radius 1 is 1.11 bits per heavy atom. The monoisotopic (exact) mass is 405 g/mol. The van der Waals surface area contributed by atoms with Crippen LogP contribution < -0.4 is 4.90 Å². The highest BCUT2D eigenvalue weighted by Gasteiger charge is 2.22. The van der Waals surface area contributed by atoms with E-state index in [-0.39, 0.29) is 5.28 Å². The number of fused-ring (bicyclic) bond motifs is 3. The van der Waals surface area contributed by atoms with E-state index in [0.717, 1.165) is 49.4 Å². The number of halogens is 1. The van der Waals surface area contributed by atoms with Crippen LogP contribution in [0.3, 0.4) is 0 Å². The van der Waals surface area contributed by atoms with Gasteiger partial charge in [-0.2, -0.15) is 16.7 Å². The molecule has 2 aliphatic rings. The predicted octanol–water partition coefficient (Wildman–Crippen LogP) is 2.81. The van der Waals surface area contributed by atoms with E-state index in [2.05, 4.69) is 30.8 Å². The second-order valence-corrected chi connectivity index (χ2v) is 8.34. The molecule has 0 bridgehead atoms. The molecule has 0 saturated carbocycles. The molecule has 5 rings (SSSR count). The zero-order valence-corrected chi connectivity index (χ0v) is 16.4. The van der Waals surface area contributed by atoms with E-state index in [1.165, 1.54) is 17.1 Å². The van der Waals surface area contributed by atoms with Crippen molar-refractivity contribution in [3.63, 3.8) is 0 Å². The van der Waals surface area contributed by atoms with E-state index in [9.17, 15) is 0 Å². The molecule has 2 aliphatic heterocycles. The Kier molecular flexibility index (Phi) is 4.81. The molecule has 0 spiro atoms. The molecule has 7 nitrogen and oxygen atoms in total. The van der Waals surface area contributed by atoms with Crippen molar-refractivity contribution in [2.75, 3.05) is 55.8 Å². The highest BCUT2D eigenvalue weighted by Crippen LogP contribution is 2.33. The molecule has 3 aromatic heterocycles. The maximum Gasteiger partial charge on any atom is 0.229 e. The highest BCUT2D eigenvalue weighted by atomic mass is 35.5. The number of hydrogen-bond acceptors (Lipinski definition) is 8. The third-order valence-electron chi connectivity index (χ3n) is 5.00. The van der Waals surface area contributed by atoms with Gasteiger partial charge >= 0.3 is 0 Å². The van der Waals surface area contributed by atoms with Crippen LogP contribution in [0.25, 0.3) is 22.2 Å². The molecule has 3 aromatic rings. The molecule has 27 heavy (non-hydrogen) atoms. The van der Waals surface area contributed by atoms with Crippen molar-refractivity contribution >= 4 is 51.4 Å². The molecule has 9 heteroatoms. The van der Waals surface area contributed by atoms with Crippen molar-refractivity contribution in [3.05, 3.63) is 23.1 Å². The molecule has 0 aliphatic carbocycles. The predicted molar refractivity (Wildman–Crippen MR) is 108 cm³/mol. The van der Waals surface area contributed by atoms with E-state index in [0.29, 0.717) is 24.5 Å². The van der Waals surface area contributed by atoms with Crippen LogP contribution in [-0.2, 0) is 11.3 Å². The summed E-state index contributed by atoms with van der Waals surface area (Å²) in [4.78, 5) is 18.0. The van der Waals surface area contributed by atoms with Gasteiger partial charge in [0, 0.05) is 50.4 Å². The highest BCUT2D eigenvalue weighted by molar-refractivity contribution is 7.99. The quantitative estimate of drug-likeness (QED) is 0.616. The van der Waals surface area contributed by atoms with Crippen LogP contribution in [0.4, 0.5) is 5.82 Å². The molecule has 0 N–H and O–H groups in total. The summed E-state index contributed by atoms with van der Waals surface area (Å²) >= 11 is 8.26. The molecule has 5 heterocycles. The minimum Gasteiger partial charge on any atom is -0.432 e. The summed E-state index contributed by atoms with van der Waals surface area (Å²) in [7, 11) is 0. The summed E-state index contributed by atoms with van der Waals surface area (Å²) in [6.07, 6.45) is 1.90. The Balaban J connectivity index is 1.56. The lowest BCUT2D eigenvalue weighted by Gasteiger charge is -2.27. The van der Waals surface area contributed by atoms with Crippen molar-refractivity contribution < 1.29 is 9.15 Å². The molecule has 0 unspecified atom stereocenters. The van der Waals surface area contributed by atoms with E-state index < -0.39 is 0 Å². The zero-order valence-electron chi connectivity index (χ0n) is 14.9. The van der Waals surface area contributed by atoms with Crippen LogP contribution >= 0.6 is 23.4 Å². The Morgan fingerprint density at radius 3 is 2.74 bits per heavy atom. The minimum absolute atomic E-state index is 0.227. The Bertz CT molecular complexity index is 969. The first-order valence-electron chi connectivity index (χ1n) is 9.15. The fourth-order valence-corrected chi connectivity index (χ4v) is 4.77. The average Bonchev–Trinajstić information content (AvgIpc) is 3.07. The van der Waals surface area contributed by atoms with Gasteiger partial charge in [-0.05, 0) is 23.2 Å². The lowest BCUT2D eigenvalue weighted by molar-refractivity contribution is 0.122. The van der Waals surface area contributed by atoms with Crippen LogP contribution in [0.5, 0.6) is 0 Å². The number of morpholine rings is 1. The fourth-order valence-electron chi connectivity index (χ4n) is 3.63. The molecule has 0 atom stereocenters. The van der Waals surface area contributed by atoms with Gasteiger partial charge in [-0.25, -0.2) is 9.97 Å². The lowest BCUT2D eigenvalue weighted by Crippen LogP contribution is -2.36. The van der Waals surface area contributed by atoms with Gasteiger partial charge in [0.1, 0.15) is 5.52 Å². The number of aromatic nitrogens is 3. The van der Waals surface area contributed by atoms with Crippen molar-refractivity contribution in [1.29, 1.82) is 0 Å². The summed E-state index contributed by atoms with van der Waals surface area (Å²) < 4.78 is 11.5. The third kappa shape index (κ3) is 3.47. The second-order valence-electron chi connectivity index (χ2n) is 6.78. The van der Waals surface area contributed by atoms with Gasteiger partial charge < -0.3 is 14.1 Å². The fraction of sp³-hybridized carbons (Fsp3) is 0.500. The van der Waals surface area contributed by atoms with Crippen molar-refractivity contribution in [1.82, 2.24) is 19.9 Å². The zero-order chi connectivity index (χ0) is 18.2. The van der Waals surface area contributed by atoms with Crippen LogP contribution in [0.1, 0.15) is 5.56 Å². The maximum atomic E-state index is 6.24. The molecule has 0 aromatic carbocycles. The second kappa shape index (κ2) is 7.43. The van der Waals surface area contributed by atoms with Crippen molar-refractivity contribution in [3.8, 4) is 0 Å². The van der Waals surface area contributed by atoms with Crippen LogP contribution in [-0.4, -0.2) is 70.8 Å². The number of nitrogens with zero attached hydrogens (tertiary/aromatic N) is 5. The topological polar surface area (TPSA) is 67.5 Å². The molecule has 2 fully saturated rings. The standard InChI is InChI=1S/C18H20ClN5O2S/c19-18-21-14-13-9-12(11-23-3-7-27-8-4-23)10-20-17(13)26-15(14)16(22-18)24-1-5-25-6-2-24/h9-10H,1-8,11H2. The number of rotatable bonds is 3. The van der Waals surface area contributed by atoms with Gasteiger partial charge in [0.05, 0.1) is 18.6 Å². The van der Waals surface area contributed by atoms with Crippen molar-refractivity contribution in [2.45, 2.75) is 6.54 Å². The van der Waals surface area contributed by atoms with Gasteiger partial charge in [0.2, 0.25) is 11.0 Å². The lowest BCUT2D eigenvalue weighted by atomic mass is 10.2.